The average molecular weight is 214 g/mol. The van der Waals surface area contributed by atoms with Crippen LogP contribution in [0.25, 0.3) is 0 Å². The molecule has 1 aliphatic rings. The molecule has 1 aliphatic heterocycles. The van der Waals surface area contributed by atoms with Crippen molar-refractivity contribution in [3.63, 3.8) is 0 Å². The van der Waals surface area contributed by atoms with Crippen molar-refractivity contribution in [2.45, 2.75) is 0 Å². The summed E-state index contributed by atoms with van der Waals surface area (Å²) in [6, 6.07) is 0. The van der Waals surface area contributed by atoms with Gasteiger partial charge in [-0.25, -0.2) is 5.84 Å². The van der Waals surface area contributed by atoms with Crippen molar-refractivity contribution in [3.8, 4) is 0 Å². The Morgan fingerprint density at radius 1 is 1.27 bits per heavy atom. The number of nitrogens with zero attached hydrogens (tertiary/aromatic N) is 1. The molecule has 5 nitrogen and oxygen atoms in total. The van der Waals surface area contributed by atoms with Crippen molar-refractivity contribution in [1.82, 2.24) is 5.01 Å². The third-order valence-electron chi connectivity index (χ3n) is 1.53. The first kappa shape index (κ1) is 13.8. The molecular weight excluding hydrogens is 196 g/mol. The summed E-state index contributed by atoms with van der Waals surface area (Å²) >= 11 is 0. The lowest BCUT2D eigenvalue weighted by Gasteiger charge is -2.09. The molecule has 0 aromatic heterocycles. The first-order chi connectivity index (χ1) is 7.22. The second kappa shape index (κ2) is 9.39. The zero-order valence-corrected chi connectivity index (χ0v) is 8.85. The van der Waals surface area contributed by atoms with Gasteiger partial charge >= 0.3 is 0 Å². The number of rotatable bonds is 3. The molecule has 1 saturated heterocycles. The molecule has 86 valence electrons. The minimum absolute atomic E-state index is 0.296. The van der Waals surface area contributed by atoms with E-state index in [1.165, 1.54) is 0 Å². The second-order valence-corrected chi connectivity index (χ2v) is 2.71. The number of nitrogens with two attached hydrogens (primary N) is 1. The van der Waals surface area contributed by atoms with Crippen LogP contribution >= 0.6 is 0 Å². The van der Waals surface area contributed by atoms with E-state index in [0.29, 0.717) is 6.54 Å². The minimum atomic E-state index is -0.296. The Labute approximate surface area is 90.1 Å². The topological polar surface area (TPSA) is 64.8 Å². The molecular formula is C10H18N2O3. The highest BCUT2D eigenvalue weighted by atomic mass is 16.6. The van der Waals surface area contributed by atoms with Crippen LogP contribution in [0.3, 0.4) is 0 Å². The van der Waals surface area contributed by atoms with Crippen LogP contribution in [0.1, 0.15) is 0 Å². The fourth-order valence-electron chi connectivity index (χ4n) is 0.786. The van der Waals surface area contributed by atoms with E-state index in [1.54, 1.807) is 6.08 Å². The first-order valence-corrected chi connectivity index (χ1v) is 4.67. The van der Waals surface area contributed by atoms with Crippen molar-refractivity contribution in [3.05, 3.63) is 25.3 Å². The third kappa shape index (κ3) is 7.87. The molecule has 0 aromatic rings. The van der Waals surface area contributed by atoms with Gasteiger partial charge in [-0.1, -0.05) is 12.7 Å². The summed E-state index contributed by atoms with van der Waals surface area (Å²) in [6.45, 7) is 10.1. The molecule has 1 heterocycles. The van der Waals surface area contributed by atoms with Gasteiger partial charge in [0.25, 0.3) is 5.91 Å². The Hall–Kier alpha value is -1.17. The zero-order valence-electron chi connectivity index (χ0n) is 8.85. The van der Waals surface area contributed by atoms with Crippen LogP contribution in [0.4, 0.5) is 0 Å². The minimum Gasteiger partial charge on any atom is -0.377 e. The number of hydrogen-bond acceptors (Lipinski definition) is 4. The molecule has 0 bridgehead atoms. The Kier molecular flexibility index (Phi) is 8.66. The Balaban J connectivity index is 0.000000280. The summed E-state index contributed by atoms with van der Waals surface area (Å²) in [7, 11) is 0. The molecule has 0 radical (unpaired) electrons. The fraction of sp³-hybridized carbons (Fsp3) is 0.500. The molecule has 0 atom stereocenters. The van der Waals surface area contributed by atoms with E-state index < -0.39 is 0 Å². The predicted octanol–water partition coefficient (Wildman–Crippen LogP) is 0.0939. The number of hydrogen-bond donors (Lipinski definition) is 1. The number of carbonyl (C=O) groups is 1. The van der Waals surface area contributed by atoms with Crippen LogP contribution in [0.15, 0.2) is 25.3 Å². The van der Waals surface area contributed by atoms with Gasteiger partial charge in [-0.3, -0.25) is 9.80 Å². The van der Waals surface area contributed by atoms with Crippen molar-refractivity contribution in [1.29, 1.82) is 0 Å². The Morgan fingerprint density at radius 2 is 1.73 bits per heavy atom. The maximum Gasteiger partial charge on any atom is 0.260 e. The van der Waals surface area contributed by atoms with Gasteiger partial charge in [0.1, 0.15) is 0 Å². The molecule has 0 aliphatic carbocycles. The molecule has 2 N–H and O–H groups in total. The number of amides is 1. The summed E-state index contributed by atoms with van der Waals surface area (Å²) in [4.78, 5) is 10.5. The summed E-state index contributed by atoms with van der Waals surface area (Å²) < 4.78 is 9.89. The molecule has 0 saturated carbocycles. The third-order valence-corrected chi connectivity index (χ3v) is 1.53. The van der Waals surface area contributed by atoms with E-state index in [-0.39, 0.29) is 5.91 Å². The SMILES string of the molecule is C1COCCO1.C=CCN(N)C(=O)C=C. The van der Waals surface area contributed by atoms with Gasteiger partial charge in [-0.15, -0.1) is 6.58 Å². The lowest BCUT2D eigenvalue weighted by atomic mass is 10.5. The standard InChI is InChI=1S/C6H10N2O.C4H8O2/c1-3-5-8(7)6(9)4-2;1-2-6-4-3-5-1/h3-4H,1-2,5,7H2;1-4H2. The lowest BCUT2D eigenvalue weighted by Crippen LogP contribution is -2.35. The molecule has 15 heavy (non-hydrogen) atoms. The van der Waals surface area contributed by atoms with Gasteiger partial charge in [-0.2, -0.15) is 0 Å². The first-order valence-electron chi connectivity index (χ1n) is 4.67. The molecule has 0 aromatic carbocycles. The molecule has 0 unspecified atom stereocenters. The van der Waals surface area contributed by atoms with Crippen LogP contribution in [0, 0.1) is 0 Å². The fourth-order valence-corrected chi connectivity index (χ4v) is 0.786. The lowest BCUT2D eigenvalue weighted by molar-refractivity contribution is -0.125. The smallest absolute Gasteiger partial charge is 0.260 e. The van der Waals surface area contributed by atoms with E-state index in [1.807, 2.05) is 0 Å². The van der Waals surface area contributed by atoms with Crippen molar-refractivity contribution >= 4 is 5.91 Å². The van der Waals surface area contributed by atoms with Crippen molar-refractivity contribution < 1.29 is 14.3 Å². The molecule has 0 spiro atoms. The van der Waals surface area contributed by atoms with E-state index in [9.17, 15) is 4.79 Å². The number of carbonyl (C=O) groups excluding carboxylic acids is 1. The predicted molar refractivity (Wildman–Crippen MR) is 57.9 cm³/mol. The monoisotopic (exact) mass is 214 g/mol. The van der Waals surface area contributed by atoms with E-state index in [0.717, 1.165) is 37.5 Å². The summed E-state index contributed by atoms with van der Waals surface area (Å²) in [5, 5.41) is 1.03. The highest BCUT2D eigenvalue weighted by Crippen LogP contribution is 1.85. The summed E-state index contributed by atoms with van der Waals surface area (Å²) in [5.74, 6) is 4.88. The Morgan fingerprint density at radius 3 is 2.00 bits per heavy atom. The van der Waals surface area contributed by atoms with Crippen LogP contribution in [-0.2, 0) is 14.3 Å². The highest BCUT2D eigenvalue weighted by molar-refractivity contribution is 5.86. The number of ether oxygens (including phenoxy) is 2. The second-order valence-electron chi connectivity index (χ2n) is 2.71. The highest BCUT2D eigenvalue weighted by Gasteiger charge is 1.99. The quantitative estimate of drug-likeness (QED) is 0.238. The van der Waals surface area contributed by atoms with Crippen LogP contribution in [0.5, 0.6) is 0 Å². The summed E-state index contributed by atoms with van der Waals surface area (Å²) in [5.41, 5.74) is 0. The largest absolute Gasteiger partial charge is 0.377 e. The van der Waals surface area contributed by atoms with Crippen molar-refractivity contribution in [2.75, 3.05) is 33.0 Å². The van der Waals surface area contributed by atoms with Crippen LogP contribution in [-0.4, -0.2) is 43.9 Å². The average Bonchev–Trinajstić information content (AvgIpc) is 2.31. The van der Waals surface area contributed by atoms with Gasteiger partial charge < -0.3 is 9.47 Å². The maximum atomic E-state index is 10.5. The van der Waals surface area contributed by atoms with Gasteiger partial charge in [0, 0.05) is 0 Å². The molecule has 1 rings (SSSR count). The van der Waals surface area contributed by atoms with Gasteiger partial charge in [0.2, 0.25) is 0 Å². The van der Waals surface area contributed by atoms with Gasteiger partial charge in [0.05, 0.1) is 33.0 Å². The molecule has 1 fully saturated rings. The van der Waals surface area contributed by atoms with E-state index in [4.69, 9.17) is 15.3 Å². The Bertz CT molecular complexity index is 191. The van der Waals surface area contributed by atoms with Gasteiger partial charge in [0.15, 0.2) is 0 Å². The maximum absolute atomic E-state index is 10.5. The number of hydrazine groups is 1. The molecule has 1 amide bonds. The van der Waals surface area contributed by atoms with Crippen molar-refractivity contribution in [2.24, 2.45) is 5.84 Å². The van der Waals surface area contributed by atoms with Gasteiger partial charge in [-0.05, 0) is 6.08 Å². The normalized spacial score (nSPS) is 14.5. The van der Waals surface area contributed by atoms with E-state index in [2.05, 4.69) is 13.2 Å². The zero-order chi connectivity index (χ0) is 11.5. The summed E-state index contributed by atoms with van der Waals surface area (Å²) in [6.07, 6.45) is 2.70. The van der Waals surface area contributed by atoms with Crippen LogP contribution < -0.4 is 5.84 Å². The van der Waals surface area contributed by atoms with Crippen LogP contribution in [0.2, 0.25) is 0 Å². The molecule has 5 heteroatoms. The van der Waals surface area contributed by atoms with E-state index >= 15 is 0 Å².